The van der Waals surface area contributed by atoms with E-state index < -0.39 is 5.60 Å². The molecule has 28 heavy (non-hydrogen) atoms. The van der Waals surface area contributed by atoms with E-state index in [4.69, 9.17) is 4.74 Å². The largest absolute Gasteiger partial charge is 0.444 e. The predicted octanol–water partition coefficient (Wildman–Crippen LogP) is 3.35. The van der Waals surface area contributed by atoms with Gasteiger partial charge in [0.15, 0.2) is 0 Å². The van der Waals surface area contributed by atoms with Gasteiger partial charge in [-0.25, -0.2) is 14.2 Å². The van der Waals surface area contributed by atoms with Gasteiger partial charge in [0, 0.05) is 25.7 Å². The molecule has 0 bridgehead atoms. The van der Waals surface area contributed by atoms with Crippen LogP contribution in [0.5, 0.6) is 0 Å². The lowest BCUT2D eigenvalue weighted by atomic mass is 10.0. The summed E-state index contributed by atoms with van der Waals surface area (Å²) in [5.41, 5.74) is 1.51. The smallest absolute Gasteiger partial charge is 0.410 e. The van der Waals surface area contributed by atoms with Crippen LogP contribution in [0.3, 0.4) is 0 Å². The van der Waals surface area contributed by atoms with Crippen molar-refractivity contribution in [1.29, 1.82) is 0 Å². The molecule has 0 spiro atoms. The third-order valence-corrected chi connectivity index (χ3v) is 4.64. The molecule has 7 heteroatoms. The molecule has 0 aliphatic carbocycles. The fourth-order valence-electron chi connectivity index (χ4n) is 2.92. The Bertz CT molecular complexity index is 713. The van der Waals surface area contributed by atoms with E-state index in [0.29, 0.717) is 30.9 Å². The summed E-state index contributed by atoms with van der Waals surface area (Å²) in [6, 6.07) is 2.98. The Hall–Kier alpha value is -1.99. The molecule has 1 aromatic heterocycles. The zero-order chi connectivity index (χ0) is 20.9. The van der Waals surface area contributed by atoms with Crippen molar-refractivity contribution in [2.24, 2.45) is 5.92 Å². The third kappa shape index (κ3) is 6.27. The molecule has 1 aliphatic heterocycles. The molecule has 0 radical (unpaired) electrons. The molecular weight excluding hydrogens is 361 g/mol. The number of carbonyl (C=O) groups excluding carboxylic acids is 1. The van der Waals surface area contributed by atoms with E-state index in [1.54, 1.807) is 11.0 Å². The van der Waals surface area contributed by atoms with Crippen molar-refractivity contribution in [3.8, 4) is 0 Å². The van der Waals surface area contributed by atoms with Crippen molar-refractivity contribution in [3.63, 3.8) is 0 Å². The summed E-state index contributed by atoms with van der Waals surface area (Å²) in [7, 11) is 0. The Morgan fingerprint density at radius 3 is 2.64 bits per heavy atom. The van der Waals surface area contributed by atoms with Gasteiger partial charge in [-0.15, -0.1) is 0 Å². The highest BCUT2D eigenvalue weighted by atomic mass is 19.1. The predicted molar refractivity (Wildman–Crippen MR) is 107 cm³/mol. The van der Waals surface area contributed by atoms with E-state index in [2.05, 4.69) is 10.3 Å². The lowest BCUT2D eigenvalue weighted by Gasteiger charge is -2.29. The van der Waals surface area contributed by atoms with Crippen LogP contribution < -0.4 is 5.32 Å². The second kappa shape index (κ2) is 9.47. The number of amides is 1. The summed E-state index contributed by atoms with van der Waals surface area (Å²) in [4.78, 5) is 18.3. The topological polar surface area (TPSA) is 74.7 Å². The van der Waals surface area contributed by atoms with E-state index >= 15 is 0 Å². The molecular formula is C21H32FN3O3. The standard InChI is InChI=1S/C21H32FN3O3/c1-14(2)19(13-26)23-12-18-16(22)6-7-17(24-18)15-8-10-25(11-9-15)20(27)28-21(3,4)5/h6-8,14,19,23,26H,9-13H2,1-5H3/t19-/m0/s1. The summed E-state index contributed by atoms with van der Waals surface area (Å²) in [5, 5.41) is 12.6. The van der Waals surface area contributed by atoms with Crippen LogP contribution in [-0.4, -0.2) is 52.4 Å². The van der Waals surface area contributed by atoms with E-state index in [0.717, 1.165) is 5.57 Å². The summed E-state index contributed by atoms with van der Waals surface area (Å²) >= 11 is 0. The summed E-state index contributed by atoms with van der Waals surface area (Å²) in [6.07, 6.45) is 2.24. The van der Waals surface area contributed by atoms with Crippen LogP contribution in [-0.2, 0) is 11.3 Å². The maximum absolute atomic E-state index is 14.2. The average Bonchev–Trinajstić information content (AvgIpc) is 2.62. The molecule has 1 amide bonds. The van der Waals surface area contributed by atoms with Gasteiger partial charge < -0.3 is 20.1 Å². The maximum Gasteiger partial charge on any atom is 0.410 e. The number of nitrogens with zero attached hydrogens (tertiary/aromatic N) is 2. The molecule has 1 aliphatic rings. The molecule has 0 fully saturated rings. The number of aromatic nitrogens is 1. The minimum Gasteiger partial charge on any atom is -0.444 e. The SMILES string of the molecule is CC(C)[C@H](CO)NCc1nc(C2=CCN(C(=O)OC(C)(C)C)CC2)ccc1F. The first-order valence-corrected chi connectivity index (χ1v) is 9.77. The molecule has 1 atom stereocenters. The molecule has 1 aromatic rings. The van der Waals surface area contributed by atoms with Gasteiger partial charge in [0.2, 0.25) is 0 Å². The molecule has 0 saturated carbocycles. The molecule has 156 valence electrons. The lowest BCUT2D eigenvalue weighted by Crippen LogP contribution is -2.39. The van der Waals surface area contributed by atoms with Crippen LogP contribution in [0.4, 0.5) is 9.18 Å². The number of rotatable bonds is 6. The Morgan fingerprint density at radius 1 is 1.39 bits per heavy atom. The Kier molecular flexibility index (Phi) is 7.55. The molecule has 2 heterocycles. The van der Waals surface area contributed by atoms with Crippen LogP contribution in [0.15, 0.2) is 18.2 Å². The molecule has 2 N–H and O–H groups in total. The van der Waals surface area contributed by atoms with Gasteiger partial charge in [-0.05, 0) is 50.8 Å². The number of pyridine rings is 1. The lowest BCUT2D eigenvalue weighted by molar-refractivity contribution is 0.0270. The first-order valence-electron chi connectivity index (χ1n) is 9.77. The number of carbonyl (C=O) groups is 1. The van der Waals surface area contributed by atoms with Crippen molar-refractivity contribution in [1.82, 2.24) is 15.2 Å². The van der Waals surface area contributed by atoms with Gasteiger partial charge in [-0.1, -0.05) is 19.9 Å². The number of hydrogen-bond donors (Lipinski definition) is 2. The average molecular weight is 394 g/mol. The van der Waals surface area contributed by atoms with Crippen molar-refractivity contribution < 1.29 is 19.0 Å². The molecule has 0 aromatic carbocycles. The monoisotopic (exact) mass is 393 g/mol. The normalized spacial score (nSPS) is 16.1. The van der Waals surface area contributed by atoms with Crippen LogP contribution in [0, 0.1) is 11.7 Å². The Balaban J connectivity index is 2.05. The van der Waals surface area contributed by atoms with Gasteiger partial charge in [0.1, 0.15) is 11.4 Å². The number of hydrogen-bond acceptors (Lipinski definition) is 5. The van der Waals surface area contributed by atoms with Crippen molar-refractivity contribution >= 4 is 11.7 Å². The molecule has 0 unspecified atom stereocenters. The second-order valence-electron chi connectivity index (χ2n) is 8.44. The van der Waals surface area contributed by atoms with Crippen molar-refractivity contribution in [2.75, 3.05) is 19.7 Å². The van der Waals surface area contributed by atoms with Gasteiger partial charge in [0.05, 0.1) is 18.0 Å². The summed E-state index contributed by atoms with van der Waals surface area (Å²) in [6.45, 7) is 10.7. The van der Waals surface area contributed by atoms with Gasteiger partial charge in [0.25, 0.3) is 0 Å². The maximum atomic E-state index is 14.2. The second-order valence-corrected chi connectivity index (χ2v) is 8.44. The zero-order valence-corrected chi connectivity index (χ0v) is 17.5. The number of nitrogens with one attached hydrogen (secondary N) is 1. The van der Waals surface area contributed by atoms with E-state index in [-0.39, 0.29) is 37.0 Å². The first kappa shape index (κ1) is 22.3. The minimum absolute atomic E-state index is 0.00930. The number of aliphatic hydroxyl groups is 1. The van der Waals surface area contributed by atoms with Crippen molar-refractivity contribution in [2.45, 2.75) is 59.2 Å². The molecule has 6 nitrogen and oxygen atoms in total. The molecule has 0 saturated heterocycles. The fourth-order valence-corrected chi connectivity index (χ4v) is 2.92. The quantitative estimate of drug-likeness (QED) is 0.775. The Morgan fingerprint density at radius 2 is 2.11 bits per heavy atom. The molecule has 2 rings (SSSR count). The number of halogens is 1. The van der Waals surface area contributed by atoms with E-state index in [9.17, 15) is 14.3 Å². The van der Waals surface area contributed by atoms with Gasteiger partial charge >= 0.3 is 6.09 Å². The summed E-state index contributed by atoms with van der Waals surface area (Å²) in [5.74, 6) is -0.139. The van der Waals surface area contributed by atoms with Crippen LogP contribution >= 0.6 is 0 Å². The fraction of sp³-hybridized carbons (Fsp3) is 0.619. The van der Waals surface area contributed by atoms with Gasteiger partial charge in [-0.3, -0.25) is 0 Å². The number of aliphatic hydroxyl groups excluding tert-OH is 1. The van der Waals surface area contributed by atoms with E-state index in [1.807, 2.05) is 40.7 Å². The minimum atomic E-state index is -0.524. The summed E-state index contributed by atoms with van der Waals surface area (Å²) < 4.78 is 19.6. The first-order chi connectivity index (χ1) is 13.1. The van der Waals surface area contributed by atoms with E-state index in [1.165, 1.54) is 6.07 Å². The third-order valence-electron chi connectivity index (χ3n) is 4.64. The highest BCUT2D eigenvalue weighted by molar-refractivity contribution is 5.71. The highest BCUT2D eigenvalue weighted by Gasteiger charge is 2.24. The van der Waals surface area contributed by atoms with Crippen LogP contribution in [0.25, 0.3) is 5.57 Å². The zero-order valence-electron chi connectivity index (χ0n) is 17.5. The Labute approximate surface area is 166 Å². The van der Waals surface area contributed by atoms with Crippen molar-refractivity contribution in [3.05, 3.63) is 35.4 Å². The highest BCUT2D eigenvalue weighted by Crippen LogP contribution is 2.23. The van der Waals surface area contributed by atoms with Crippen LogP contribution in [0.2, 0.25) is 0 Å². The van der Waals surface area contributed by atoms with Crippen LogP contribution in [0.1, 0.15) is 52.4 Å². The number of ether oxygens (including phenoxy) is 1. The van der Waals surface area contributed by atoms with Gasteiger partial charge in [-0.2, -0.15) is 0 Å².